The van der Waals surface area contributed by atoms with E-state index < -0.39 is 22.5 Å². The van der Waals surface area contributed by atoms with Gasteiger partial charge >= 0.3 is 6.05 Å². The maximum atomic E-state index is 13.9. The molecule has 0 radical (unpaired) electrons. The van der Waals surface area contributed by atoms with Crippen molar-refractivity contribution in [1.29, 1.82) is 0 Å². The highest BCUT2D eigenvalue weighted by Gasteiger charge is 2.37. The number of halogens is 3. The summed E-state index contributed by atoms with van der Waals surface area (Å²) in [5, 5.41) is 10.0. The zero-order chi connectivity index (χ0) is 27.1. The molecule has 11 heteroatoms. The minimum Gasteiger partial charge on any atom is -0.491 e. The fraction of sp³-hybridized carbons (Fsp3) is 0.444. The van der Waals surface area contributed by atoms with Gasteiger partial charge in [0.05, 0.1) is 34.2 Å². The van der Waals surface area contributed by atoms with Crippen LogP contribution in [-0.4, -0.2) is 72.9 Å². The van der Waals surface area contributed by atoms with E-state index in [1.807, 2.05) is 18.2 Å². The predicted octanol–water partition coefficient (Wildman–Crippen LogP) is 3.47. The van der Waals surface area contributed by atoms with Gasteiger partial charge in [-0.15, -0.1) is 11.6 Å². The van der Waals surface area contributed by atoms with Crippen LogP contribution in [-0.2, 0) is 9.84 Å². The molecule has 2 N–H and O–H groups in total. The highest BCUT2D eigenvalue weighted by molar-refractivity contribution is 7.92. The molecule has 5 rings (SSSR count). The number of fused-ring (bicyclic) bond motifs is 3. The lowest BCUT2D eigenvalue weighted by Gasteiger charge is -2.28. The van der Waals surface area contributed by atoms with E-state index in [4.69, 9.17) is 21.4 Å². The second-order valence-corrected chi connectivity index (χ2v) is 12.4. The third-order valence-electron chi connectivity index (χ3n) is 7.01. The fourth-order valence-corrected chi connectivity index (χ4v) is 6.75. The monoisotopic (exact) mass is 565 g/mol. The summed E-state index contributed by atoms with van der Waals surface area (Å²) in [6, 6.07) is 7.35. The van der Waals surface area contributed by atoms with Gasteiger partial charge in [0, 0.05) is 23.7 Å². The van der Waals surface area contributed by atoms with Gasteiger partial charge in [-0.25, -0.2) is 13.3 Å². The maximum Gasteiger partial charge on any atom is 0.327 e. The quantitative estimate of drug-likeness (QED) is 0.211. The number of rotatable bonds is 11. The Morgan fingerprint density at radius 1 is 1.26 bits per heavy atom. The summed E-state index contributed by atoms with van der Waals surface area (Å²) in [5.74, 6) is 0.534. The van der Waals surface area contributed by atoms with Crippen molar-refractivity contribution >= 4 is 38.4 Å². The minimum atomic E-state index is -3.36. The van der Waals surface area contributed by atoms with Gasteiger partial charge < -0.3 is 14.8 Å². The van der Waals surface area contributed by atoms with Crippen molar-refractivity contribution in [3.05, 3.63) is 47.1 Å². The normalized spacial score (nSPS) is 17.8. The smallest absolute Gasteiger partial charge is 0.327 e. The number of ether oxygens (including phenoxy) is 1. The highest BCUT2D eigenvalue weighted by Crippen LogP contribution is 2.37. The molecule has 1 atom stereocenters. The van der Waals surface area contributed by atoms with Crippen molar-refractivity contribution in [2.45, 2.75) is 47.8 Å². The molecule has 0 amide bonds. The van der Waals surface area contributed by atoms with E-state index in [1.54, 1.807) is 31.2 Å². The van der Waals surface area contributed by atoms with E-state index in [9.17, 15) is 17.2 Å². The fourth-order valence-electron chi connectivity index (χ4n) is 4.85. The number of H-pyrrole nitrogens is 1. The first-order valence-electron chi connectivity index (χ1n) is 12.7. The number of aliphatic hydroxyl groups is 1. The number of hydrogen-bond donors (Lipinski definition) is 2. The summed E-state index contributed by atoms with van der Waals surface area (Å²) in [5.41, 5.74) is 2.91. The molecule has 0 spiro atoms. The zero-order valence-corrected chi connectivity index (χ0v) is 22.5. The molecule has 2 heterocycles. The SMILES string of the molecule is CCN(CCCOc1ccc(-c2cccc(S(=O)(=O)C3CC3)c2)c2c3c([nH]c12)=NCC(Cl)C=3)C(F)(F)CO. The summed E-state index contributed by atoms with van der Waals surface area (Å²) < 4.78 is 59.5. The Morgan fingerprint density at radius 2 is 2.05 bits per heavy atom. The topological polar surface area (TPSA) is 95.0 Å². The summed E-state index contributed by atoms with van der Waals surface area (Å²) in [6.45, 7) is 1.15. The van der Waals surface area contributed by atoms with Gasteiger partial charge in [-0.3, -0.25) is 4.99 Å². The molecule has 1 aliphatic carbocycles. The highest BCUT2D eigenvalue weighted by atomic mass is 35.5. The van der Waals surface area contributed by atoms with Crippen LogP contribution in [0.2, 0.25) is 0 Å². The summed E-state index contributed by atoms with van der Waals surface area (Å²) >= 11 is 6.40. The number of sulfone groups is 1. The lowest BCUT2D eigenvalue weighted by Crippen LogP contribution is -2.45. The molecule has 2 aliphatic rings. The molecular weight excluding hydrogens is 536 g/mol. The molecule has 0 saturated heterocycles. The third kappa shape index (κ3) is 5.19. The average molecular weight is 566 g/mol. The molecule has 1 aliphatic heterocycles. The predicted molar refractivity (Wildman–Crippen MR) is 143 cm³/mol. The number of nitrogens with one attached hydrogen (secondary N) is 1. The van der Waals surface area contributed by atoms with Crippen LogP contribution in [0.15, 0.2) is 46.3 Å². The zero-order valence-electron chi connectivity index (χ0n) is 21.0. The number of benzene rings is 2. The average Bonchev–Trinajstić information content (AvgIpc) is 3.71. The minimum absolute atomic E-state index is 0.0613. The van der Waals surface area contributed by atoms with Crippen LogP contribution in [0.4, 0.5) is 8.78 Å². The number of hydrogen-bond acceptors (Lipinski definition) is 6. The standard InChI is InChI=1S/C27H30ClF2N3O4S/c1-2-33(27(29,30)16-34)11-4-12-37-23-10-9-21(24-22-14-18(28)15-31-26(22)32-25(23)24)17-5-3-6-20(13-17)38(35,36)19-7-8-19/h3,5-6,9-10,13-14,18-19,34H,2,4,7-8,11-12,15-16H2,1H3,(H,31,32). The molecule has 1 fully saturated rings. The number of alkyl halides is 3. The molecule has 1 saturated carbocycles. The summed E-state index contributed by atoms with van der Waals surface area (Å²) in [6.07, 6.45) is 3.64. The number of aromatic nitrogens is 1. The largest absolute Gasteiger partial charge is 0.491 e. The first kappa shape index (κ1) is 27.1. The molecule has 1 aromatic heterocycles. The van der Waals surface area contributed by atoms with Gasteiger partial charge in [-0.05, 0) is 54.7 Å². The van der Waals surface area contributed by atoms with Crippen LogP contribution in [0.3, 0.4) is 0 Å². The van der Waals surface area contributed by atoms with Crippen molar-refractivity contribution in [2.75, 3.05) is 32.8 Å². The summed E-state index contributed by atoms with van der Waals surface area (Å²) in [4.78, 5) is 9.10. The van der Waals surface area contributed by atoms with Gasteiger partial charge in [0.1, 0.15) is 17.8 Å². The Labute approximate surface area is 224 Å². The molecule has 2 aromatic carbocycles. The van der Waals surface area contributed by atoms with E-state index in [0.717, 1.165) is 26.6 Å². The van der Waals surface area contributed by atoms with Crippen molar-refractivity contribution in [3.63, 3.8) is 0 Å². The van der Waals surface area contributed by atoms with Crippen molar-refractivity contribution < 1.29 is 27.0 Å². The van der Waals surface area contributed by atoms with Crippen LogP contribution in [0, 0.1) is 0 Å². The molecule has 38 heavy (non-hydrogen) atoms. The van der Waals surface area contributed by atoms with Crippen LogP contribution in [0.1, 0.15) is 26.2 Å². The van der Waals surface area contributed by atoms with Crippen LogP contribution in [0.25, 0.3) is 28.1 Å². The van der Waals surface area contributed by atoms with E-state index in [0.29, 0.717) is 47.5 Å². The molecule has 204 valence electrons. The lowest BCUT2D eigenvalue weighted by molar-refractivity contribution is -0.172. The lowest BCUT2D eigenvalue weighted by atomic mass is 9.99. The van der Waals surface area contributed by atoms with E-state index in [1.165, 1.54) is 0 Å². The van der Waals surface area contributed by atoms with E-state index in [2.05, 4.69) is 9.98 Å². The first-order valence-corrected chi connectivity index (χ1v) is 14.7. The van der Waals surface area contributed by atoms with E-state index in [-0.39, 0.29) is 30.3 Å². The number of nitrogens with zero attached hydrogens (tertiary/aromatic N) is 2. The van der Waals surface area contributed by atoms with Crippen LogP contribution in [0.5, 0.6) is 5.75 Å². The van der Waals surface area contributed by atoms with Gasteiger partial charge in [0.15, 0.2) is 9.84 Å². The number of aliphatic hydroxyl groups excluding tert-OH is 1. The van der Waals surface area contributed by atoms with Crippen molar-refractivity contribution in [2.24, 2.45) is 4.99 Å². The first-order chi connectivity index (χ1) is 18.2. The second-order valence-electron chi connectivity index (χ2n) is 9.65. The Morgan fingerprint density at radius 3 is 2.76 bits per heavy atom. The molecule has 3 aromatic rings. The van der Waals surface area contributed by atoms with Gasteiger partial charge in [-0.2, -0.15) is 8.78 Å². The van der Waals surface area contributed by atoms with Crippen LogP contribution < -0.4 is 15.4 Å². The Kier molecular flexibility index (Phi) is 7.52. The van der Waals surface area contributed by atoms with Gasteiger partial charge in [-0.1, -0.05) is 25.1 Å². The summed E-state index contributed by atoms with van der Waals surface area (Å²) in [7, 11) is -3.36. The third-order valence-corrected chi connectivity index (χ3v) is 9.53. The second kappa shape index (κ2) is 10.6. The van der Waals surface area contributed by atoms with Crippen molar-refractivity contribution in [3.8, 4) is 16.9 Å². The Bertz CT molecular complexity index is 1570. The number of likely N-dealkylation sites (N-methyl/N-ethyl adjacent to an activating group) is 1. The van der Waals surface area contributed by atoms with Crippen molar-refractivity contribution in [1.82, 2.24) is 9.88 Å². The molecule has 1 unspecified atom stereocenters. The van der Waals surface area contributed by atoms with Crippen LogP contribution >= 0.6 is 11.6 Å². The Balaban J connectivity index is 1.50. The molecule has 7 nitrogen and oxygen atoms in total. The molecule has 0 bridgehead atoms. The number of aromatic amines is 1. The van der Waals surface area contributed by atoms with Gasteiger partial charge in [0.2, 0.25) is 0 Å². The van der Waals surface area contributed by atoms with Gasteiger partial charge in [0.25, 0.3) is 0 Å². The maximum absolute atomic E-state index is 13.9. The molecular formula is C27H30ClF2N3O4S. The Hall–Kier alpha value is -2.53. The van der Waals surface area contributed by atoms with E-state index >= 15 is 0 Å².